The summed E-state index contributed by atoms with van der Waals surface area (Å²) in [6.07, 6.45) is 2.00. The smallest absolute Gasteiger partial charge is 0.259 e. The molecule has 0 aromatic heterocycles. The van der Waals surface area contributed by atoms with Gasteiger partial charge >= 0.3 is 0 Å². The summed E-state index contributed by atoms with van der Waals surface area (Å²) in [5, 5.41) is 5.72. The second-order valence-electron chi connectivity index (χ2n) is 6.91. The number of ether oxygens (including phenoxy) is 1. The largest absolute Gasteiger partial charge is 0.492 e. The molecule has 0 aliphatic rings. The molecule has 0 saturated carbocycles. The molecule has 3 aromatic carbocycles. The van der Waals surface area contributed by atoms with E-state index in [0.717, 1.165) is 12.8 Å². The number of amides is 2. The number of carbonyl (C=O) groups excluding carboxylic acids is 2. The Balaban J connectivity index is 1.63. The number of hydrogen-bond donors (Lipinski definition) is 2. The Labute approximate surface area is 177 Å². The standard InChI is InChI=1S/C25H26N2O3/c1-2-9-24(28)26-20-12-8-13-21(18-20)27-25(29)22-14-6-7-15-23(22)30-17-16-19-10-4-3-5-11-19/h3-8,10-15,18H,2,9,16-17H2,1H3,(H,26,28)(H,27,29). The molecule has 0 bridgehead atoms. The highest BCUT2D eigenvalue weighted by molar-refractivity contribution is 6.06. The van der Waals surface area contributed by atoms with Crippen LogP contribution < -0.4 is 15.4 Å². The third kappa shape index (κ3) is 6.21. The van der Waals surface area contributed by atoms with Crippen molar-refractivity contribution in [2.24, 2.45) is 0 Å². The molecule has 30 heavy (non-hydrogen) atoms. The molecular weight excluding hydrogens is 376 g/mol. The number of anilines is 2. The Morgan fingerprint density at radius 3 is 2.30 bits per heavy atom. The molecule has 5 nitrogen and oxygen atoms in total. The molecular formula is C25H26N2O3. The van der Waals surface area contributed by atoms with Crippen LogP contribution in [0.2, 0.25) is 0 Å². The van der Waals surface area contributed by atoms with Gasteiger partial charge in [-0.2, -0.15) is 0 Å². The van der Waals surface area contributed by atoms with Gasteiger partial charge in [0.05, 0.1) is 12.2 Å². The van der Waals surface area contributed by atoms with Crippen molar-refractivity contribution in [2.75, 3.05) is 17.2 Å². The Morgan fingerprint density at radius 2 is 1.53 bits per heavy atom. The molecule has 0 atom stereocenters. The second kappa shape index (κ2) is 10.8. The van der Waals surface area contributed by atoms with Gasteiger partial charge in [-0.25, -0.2) is 0 Å². The number of nitrogens with one attached hydrogen (secondary N) is 2. The summed E-state index contributed by atoms with van der Waals surface area (Å²) in [6, 6.07) is 24.4. The minimum Gasteiger partial charge on any atom is -0.492 e. The van der Waals surface area contributed by atoms with E-state index in [9.17, 15) is 9.59 Å². The molecule has 154 valence electrons. The molecule has 0 radical (unpaired) electrons. The van der Waals surface area contributed by atoms with E-state index < -0.39 is 0 Å². The van der Waals surface area contributed by atoms with Crippen LogP contribution in [0.3, 0.4) is 0 Å². The number of rotatable bonds is 9. The summed E-state index contributed by atoms with van der Waals surface area (Å²) in [5.74, 6) is 0.235. The first kappa shape index (κ1) is 21.1. The zero-order valence-electron chi connectivity index (χ0n) is 17.1. The average Bonchev–Trinajstić information content (AvgIpc) is 2.75. The van der Waals surface area contributed by atoms with Crippen molar-refractivity contribution in [3.05, 3.63) is 90.0 Å². The lowest BCUT2D eigenvalue weighted by molar-refractivity contribution is -0.116. The van der Waals surface area contributed by atoms with Crippen LogP contribution in [0.1, 0.15) is 35.7 Å². The van der Waals surface area contributed by atoms with Gasteiger partial charge < -0.3 is 15.4 Å². The zero-order chi connectivity index (χ0) is 21.2. The average molecular weight is 402 g/mol. The van der Waals surface area contributed by atoms with Crippen molar-refractivity contribution in [3.8, 4) is 5.75 Å². The van der Waals surface area contributed by atoms with Crippen molar-refractivity contribution in [1.82, 2.24) is 0 Å². The van der Waals surface area contributed by atoms with Gasteiger partial charge in [0.2, 0.25) is 5.91 Å². The summed E-state index contributed by atoms with van der Waals surface area (Å²) < 4.78 is 5.89. The topological polar surface area (TPSA) is 67.4 Å². The van der Waals surface area contributed by atoms with Crippen molar-refractivity contribution in [2.45, 2.75) is 26.2 Å². The molecule has 0 spiro atoms. The maximum atomic E-state index is 12.8. The first-order chi connectivity index (χ1) is 14.7. The molecule has 0 unspecified atom stereocenters. The van der Waals surface area contributed by atoms with Crippen LogP contribution in [-0.4, -0.2) is 18.4 Å². The zero-order valence-corrected chi connectivity index (χ0v) is 17.1. The third-order valence-electron chi connectivity index (χ3n) is 4.50. The summed E-state index contributed by atoms with van der Waals surface area (Å²) in [5.41, 5.74) is 2.90. The van der Waals surface area contributed by atoms with Crippen molar-refractivity contribution >= 4 is 23.2 Å². The van der Waals surface area contributed by atoms with E-state index in [4.69, 9.17) is 4.74 Å². The van der Waals surface area contributed by atoms with Gasteiger partial charge in [-0.15, -0.1) is 0 Å². The number of para-hydroxylation sites is 1. The number of benzene rings is 3. The quantitative estimate of drug-likeness (QED) is 0.510. The maximum Gasteiger partial charge on any atom is 0.259 e. The molecule has 0 heterocycles. The Morgan fingerprint density at radius 1 is 0.833 bits per heavy atom. The first-order valence-corrected chi connectivity index (χ1v) is 10.1. The van der Waals surface area contributed by atoms with E-state index in [0.29, 0.717) is 35.7 Å². The molecule has 0 fully saturated rings. The Bertz CT molecular complexity index is 986. The molecule has 2 N–H and O–H groups in total. The Kier molecular flexibility index (Phi) is 7.61. The van der Waals surface area contributed by atoms with E-state index in [-0.39, 0.29) is 11.8 Å². The van der Waals surface area contributed by atoms with Gasteiger partial charge in [-0.3, -0.25) is 9.59 Å². The van der Waals surface area contributed by atoms with Crippen molar-refractivity contribution < 1.29 is 14.3 Å². The fourth-order valence-electron chi connectivity index (χ4n) is 3.03. The van der Waals surface area contributed by atoms with Crippen LogP contribution in [0.25, 0.3) is 0 Å². The summed E-state index contributed by atoms with van der Waals surface area (Å²) in [7, 11) is 0. The molecule has 3 aromatic rings. The van der Waals surface area contributed by atoms with Gasteiger partial charge in [0, 0.05) is 24.2 Å². The molecule has 0 aliphatic heterocycles. The second-order valence-corrected chi connectivity index (χ2v) is 6.91. The molecule has 5 heteroatoms. The molecule has 2 amide bonds. The molecule has 3 rings (SSSR count). The van der Waals surface area contributed by atoms with Crippen LogP contribution >= 0.6 is 0 Å². The van der Waals surface area contributed by atoms with E-state index in [2.05, 4.69) is 10.6 Å². The lowest BCUT2D eigenvalue weighted by Gasteiger charge is -2.12. The van der Waals surface area contributed by atoms with Gasteiger partial charge in [0.1, 0.15) is 5.75 Å². The highest BCUT2D eigenvalue weighted by atomic mass is 16.5. The summed E-state index contributed by atoms with van der Waals surface area (Å²) in [6.45, 7) is 2.43. The third-order valence-corrected chi connectivity index (χ3v) is 4.50. The fourth-order valence-corrected chi connectivity index (χ4v) is 3.03. The van der Waals surface area contributed by atoms with Crippen LogP contribution in [0, 0.1) is 0 Å². The number of hydrogen-bond acceptors (Lipinski definition) is 3. The monoisotopic (exact) mass is 402 g/mol. The first-order valence-electron chi connectivity index (χ1n) is 10.1. The lowest BCUT2D eigenvalue weighted by atomic mass is 10.1. The van der Waals surface area contributed by atoms with Crippen LogP contribution in [0.5, 0.6) is 5.75 Å². The van der Waals surface area contributed by atoms with Crippen LogP contribution in [0.15, 0.2) is 78.9 Å². The van der Waals surface area contributed by atoms with Crippen molar-refractivity contribution in [3.63, 3.8) is 0 Å². The molecule has 0 saturated heterocycles. The van der Waals surface area contributed by atoms with Gasteiger partial charge in [-0.05, 0) is 42.3 Å². The fraction of sp³-hybridized carbons (Fsp3) is 0.200. The van der Waals surface area contributed by atoms with E-state index in [1.165, 1.54) is 5.56 Å². The van der Waals surface area contributed by atoms with Crippen LogP contribution in [-0.2, 0) is 11.2 Å². The van der Waals surface area contributed by atoms with E-state index in [1.54, 1.807) is 42.5 Å². The van der Waals surface area contributed by atoms with Crippen molar-refractivity contribution in [1.29, 1.82) is 0 Å². The van der Waals surface area contributed by atoms with Gasteiger partial charge in [-0.1, -0.05) is 55.5 Å². The normalized spacial score (nSPS) is 10.3. The minimum absolute atomic E-state index is 0.0434. The highest BCUT2D eigenvalue weighted by Gasteiger charge is 2.13. The van der Waals surface area contributed by atoms with E-state index >= 15 is 0 Å². The predicted molar refractivity (Wildman–Crippen MR) is 120 cm³/mol. The van der Waals surface area contributed by atoms with Gasteiger partial charge in [0.25, 0.3) is 5.91 Å². The Hall–Kier alpha value is -3.60. The lowest BCUT2D eigenvalue weighted by Crippen LogP contribution is -2.15. The van der Waals surface area contributed by atoms with Crippen LogP contribution in [0.4, 0.5) is 11.4 Å². The summed E-state index contributed by atoms with van der Waals surface area (Å²) >= 11 is 0. The maximum absolute atomic E-state index is 12.8. The SMILES string of the molecule is CCCC(=O)Nc1cccc(NC(=O)c2ccccc2OCCc2ccccc2)c1. The minimum atomic E-state index is -0.262. The van der Waals surface area contributed by atoms with E-state index in [1.807, 2.05) is 43.3 Å². The summed E-state index contributed by atoms with van der Waals surface area (Å²) in [4.78, 5) is 24.6. The predicted octanol–water partition coefficient (Wildman–Crippen LogP) is 5.30. The highest BCUT2D eigenvalue weighted by Crippen LogP contribution is 2.21. The number of carbonyl (C=O) groups is 2. The van der Waals surface area contributed by atoms with Gasteiger partial charge in [0.15, 0.2) is 0 Å². The molecule has 0 aliphatic carbocycles.